The number of aromatic nitrogens is 3. The Kier molecular flexibility index (Phi) is 7.24. The molecule has 2 unspecified atom stereocenters. The standard InChI is InChI=1S/C23H20F5N5O3S/c1-13-8-14(15-10-30-22(31-11-15)23(26,27)28)9-17(32-13)12-29-21(34)20-19(25)6-7-33(20)37(35,36)18-4-2-16(24)3-5-18/h2-5,8-11,19-20H,6-7,12H2,1H3,(H,29,34). The minimum absolute atomic E-state index is 0.195. The molecule has 4 rings (SSSR count). The molecule has 2 atom stereocenters. The first-order chi connectivity index (χ1) is 17.4. The van der Waals surface area contributed by atoms with Gasteiger partial charge in [-0.3, -0.25) is 9.78 Å². The first-order valence-corrected chi connectivity index (χ1v) is 12.4. The number of sulfonamides is 1. The maximum Gasteiger partial charge on any atom is 0.451 e. The van der Waals surface area contributed by atoms with Crippen molar-refractivity contribution >= 4 is 15.9 Å². The van der Waals surface area contributed by atoms with Gasteiger partial charge in [0.25, 0.3) is 0 Å². The van der Waals surface area contributed by atoms with Crippen LogP contribution in [0.1, 0.15) is 23.6 Å². The van der Waals surface area contributed by atoms with Crippen molar-refractivity contribution in [3.05, 3.63) is 71.8 Å². The zero-order chi connectivity index (χ0) is 27.0. The van der Waals surface area contributed by atoms with E-state index < -0.39 is 46.0 Å². The number of pyridine rings is 1. The Balaban J connectivity index is 1.51. The van der Waals surface area contributed by atoms with E-state index in [-0.39, 0.29) is 30.0 Å². The second kappa shape index (κ2) is 10.1. The molecule has 1 N–H and O–H groups in total. The van der Waals surface area contributed by atoms with Gasteiger partial charge in [-0.15, -0.1) is 0 Å². The van der Waals surface area contributed by atoms with Crippen LogP contribution >= 0.6 is 0 Å². The van der Waals surface area contributed by atoms with Crippen molar-refractivity contribution in [2.45, 2.75) is 43.2 Å². The highest BCUT2D eigenvalue weighted by Crippen LogP contribution is 2.29. The molecule has 3 heterocycles. The van der Waals surface area contributed by atoms with Crippen molar-refractivity contribution in [3.8, 4) is 11.1 Å². The van der Waals surface area contributed by atoms with Crippen LogP contribution in [0.4, 0.5) is 22.0 Å². The number of rotatable bonds is 6. The summed E-state index contributed by atoms with van der Waals surface area (Å²) in [7, 11) is -4.27. The number of alkyl halides is 4. The molecule has 196 valence electrons. The van der Waals surface area contributed by atoms with E-state index in [2.05, 4.69) is 20.3 Å². The number of halogens is 5. The SMILES string of the molecule is Cc1cc(-c2cnc(C(F)(F)F)nc2)cc(CNC(=O)C2C(F)CCN2S(=O)(=O)c2ccc(F)cc2)n1. The van der Waals surface area contributed by atoms with Crippen LogP contribution in [0.15, 0.2) is 53.7 Å². The van der Waals surface area contributed by atoms with Gasteiger partial charge in [-0.2, -0.15) is 17.5 Å². The maximum absolute atomic E-state index is 14.7. The molecule has 3 aromatic rings. The third kappa shape index (κ3) is 5.74. The van der Waals surface area contributed by atoms with Crippen molar-refractivity contribution in [1.29, 1.82) is 0 Å². The summed E-state index contributed by atoms with van der Waals surface area (Å²) in [6, 6.07) is 5.42. The molecule has 0 aliphatic carbocycles. The lowest BCUT2D eigenvalue weighted by atomic mass is 10.1. The van der Waals surface area contributed by atoms with Gasteiger partial charge in [0.2, 0.25) is 21.8 Å². The van der Waals surface area contributed by atoms with Gasteiger partial charge >= 0.3 is 6.18 Å². The van der Waals surface area contributed by atoms with Crippen LogP contribution in [0.5, 0.6) is 0 Å². The first kappa shape index (κ1) is 26.5. The van der Waals surface area contributed by atoms with Gasteiger partial charge in [0.15, 0.2) is 0 Å². The molecule has 14 heteroatoms. The minimum atomic E-state index is -4.69. The molecular formula is C23H20F5N5O3S. The van der Waals surface area contributed by atoms with Crippen molar-refractivity contribution in [1.82, 2.24) is 24.6 Å². The van der Waals surface area contributed by atoms with Crippen molar-refractivity contribution < 1.29 is 35.2 Å². The van der Waals surface area contributed by atoms with E-state index in [1.807, 2.05) is 0 Å². The summed E-state index contributed by atoms with van der Waals surface area (Å²) in [6.45, 7) is 1.19. The summed E-state index contributed by atoms with van der Waals surface area (Å²) < 4.78 is 92.8. The molecule has 1 aliphatic heterocycles. The number of amides is 1. The molecule has 1 amide bonds. The minimum Gasteiger partial charge on any atom is -0.349 e. The van der Waals surface area contributed by atoms with E-state index >= 15 is 0 Å². The van der Waals surface area contributed by atoms with Gasteiger partial charge in [-0.1, -0.05) is 0 Å². The molecule has 1 aliphatic rings. The third-order valence-corrected chi connectivity index (χ3v) is 7.55. The average molecular weight is 542 g/mol. The van der Waals surface area contributed by atoms with Gasteiger partial charge < -0.3 is 5.32 Å². The Hall–Kier alpha value is -3.52. The second-order valence-corrected chi connectivity index (χ2v) is 10.2. The number of benzene rings is 1. The predicted octanol–water partition coefficient (Wildman–Crippen LogP) is 3.42. The van der Waals surface area contributed by atoms with E-state index in [9.17, 15) is 35.2 Å². The van der Waals surface area contributed by atoms with E-state index in [1.54, 1.807) is 13.0 Å². The molecule has 0 spiro atoms. The highest BCUT2D eigenvalue weighted by Gasteiger charge is 2.46. The highest BCUT2D eigenvalue weighted by molar-refractivity contribution is 7.89. The Labute approximate surface area is 208 Å². The summed E-state index contributed by atoms with van der Waals surface area (Å²) >= 11 is 0. The lowest BCUT2D eigenvalue weighted by Crippen LogP contribution is -2.49. The van der Waals surface area contributed by atoms with Gasteiger partial charge in [-0.25, -0.2) is 27.2 Å². The van der Waals surface area contributed by atoms with Crippen LogP contribution in [0, 0.1) is 12.7 Å². The molecule has 0 bridgehead atoms. The zero-order valence-electron chi connectivity index (χ0n) is 19.2. The van der Waals surface area contributed by atoms with Crippen LogP contribution in [-0.4, -0.2) is 52.3 Å². The molecular weight excluding hydrogens is 521 g/mol. The quantitative estimate of drug-likeness (QED) is 0.480. The third-order valence-electron chi connectivity index (χ3n) is 5.66. The number of hydrogen-bond acceptors (Lipinski definition) is 6. The number of nitrogens with zero attached hydrogens (tertiary/aromatic N) is 4. The van der Waals surface area contributed by atoms with Crippen molar-refractivity contribution in [2.24, 2.45) is 0 Å². The van der Waals surface area contributed by atoms with E-state index in [0.717, 1.165) is 41.0 Å². The van der Waals surface area contributed by atoms with E-state index in [1.165, 1.54) is 6.07 Å². The van der Waals surface area contributed by atoms with Crippen LogP contribution in [-0.2, 0) is 27.5 Å². The Bertz CT molecular complexity index is 1400. The largest absolute Gasteiger partial charge is 0.451 e. The molecule has 37 heavy (non-hydrogen) atoms. The number of carbonyl (C=O) groups excluding carboxylic acids is 1. The Morgan fingerprint density at radius 1 is 1.11 bits per heavy atom. The monoisotopic (exact) mass is 541 g/mol. The highest BCUT2D eigenvalue weighted by atomic mass is 32.2. The molecule has 1 aromatic carbocycles. The Morgan fingerprint density at radius 3 is 2.38 bits per heavy atom. The predicted molar refractivity (Wildman–Crippen MR) is 120 cm³/mol. The number of nitrogens with one attached hydrogen (secondary N) is 1. The first-order valence-electron chi connectivity index (χ1n) is 10.9. The van der Waals surface area contributed by atoms with E-state index in [4.69, 9.17) is 0 Å². The molecule has 1 saturated heterocycles. The van der Waals surface area contributed by atoms with Crippen molar-refractivity contribution in [2.75, 3.05) is 6.54 Å². The number of hydrogen-bond donors (Lipinski definition) is 1. The molecule has 0 radical (unpaired) electrons. The van der Waals surface area contributed by atoms with Crippen LogP contribution in [0.25, 0.3) is 11.1 Å². The fourth-order valence-corrected chi connectivity index (χ4v) is 5.56. The summed E-state index contributed by atoms with van der Waals surface area (Å²) in [5, 5.41) is 2.48. The van der Waals surface area contributed by atoms with Gasteiger partial charge in [-0.05, 0) is 55.3 Å². The van der Waals surface area contributed by atoms with Gasteiger partial charge in [0, 0.05) is 30.2 Å². The molecule has 8 nitrogen and oxygen atoms in total. The Morgan fingerprint density at radius 2 is 1.76 bits per heavy atom. The topological polar surface area (TPSA) is 105 Å². The van der Waals surface area contributed by atoms with Gasteiger partial charge in [0.1, 0.15) is 18.0 Å². The number of aryl methyl sites for hydroxylation is 1. The number of carbonyl (C=O) groups is 1. The van der Waals surface area contributed by atoms with Crippen LogP contribution < -0.4 is 5.32 Å². The average Bonchev–Trinajstić information content (AvgIpc) is 3.24. The van der Waals surface area contributed by atoms with Crippen LogP contribution in [0.2, 0.25) is 0 Å². The van der Waals surface area contributed by atoms with Crippen molar-refractivity contribution in [3.63, 3.8) is 0 Å². The second-order valence-electron chi connectivity index (χ2n) is 8.32. The normalized spacial score (nSPS) is 18.6. The lowest BCUT2D eigenvalue weighted by Gasteiger charge is -2.24. The maximum atomic E-state index is 14.7. The van der Waals surface area contributed by atoms with Crippen LogP contribution in [0.3, 0.4) is 0 Å². The fraction of sp³-hybridized carbons (Fsp3) is 0.304. The summed E-state index contributed by atoms with van der Waals surface area (Å²) in [5.74, 6) is -2.82. The van der Waals surface area contributed by atoms with Gasteiger partial charge in [0.05, 0.1) is 17.1 Å². The molecule has 0 saturated carbocycles. The fourth-order valence-electron chi connectivity index (χ4n) is 3.93. The summed E-state index contributed by atoms with van der Waals surface area (Å²) in [5.41, 5.74) is 1.49. The molecule has 2 aromatic heterocycles. The zero-order valence-corrected chi connectivity index (χ0v) is 20.0. The summed E-state index contributed by atoms with van der Waals surface area (Å²) in [4.78, 5) is 23.5. The van der Waals surface area contributed by atoms with E-state index in [0.29, 0.717) is 17.0 Å². The molecule has 1 fully saturated rings. The lowest BCUT2D eigenvalue weighted by molar-refractivity contribution is -0.145. The smallest absolute Gasteiger partial charge is 0.349 e. The summed E-state index contributed by atoms with van der Waals surface area (Å²) in [6.07, 6.45) is -4.62.